The molecule has 1 aliphatic rings. The zero-order valence-electron chi connectivity index (χ0n) is 13.4. The first kappa shape index (κ1) is 17.0. The smallest absolute Gasteiger partial charge is 0.255 e. The van der Waals surface area contributed by atoms with Crippen molar-refractivity contribution in [3.05, 3.63) is 23.0 Å². The van der Waals surface area contributed by atoms with Gasteiger partial charge in [0.05, 0.1) is 17.4 Å². The van der Waals surface area contributed by atoms with E-state index in [-0.39, 0.29) is 18.0 Å². The molecule has 0 aliphatic heterocycles. The molecule has 0 aromatic carbocycles. The van der Waals surface area contributed by atoms with E-state index in [1.807, 2.05) is 13.8 Å². The van der Waals surface area contributed by atoms with Crippen LogP contribution < -0.4 is 10.6 Å². The Balaban J connectivity index is 2.03. The molecule has 0 bridgehead atoms. The van der Waals surface area contributed by atoms with Gasteiger partial charge in [0.25, 0.3) is 5.91 Å². The fourth-order valence-electron chi connectivity index (χ4n) is 2.75. The van der Waals surface area contributed by atoms with Crippen LogP contribution in [0.2, 0.25) is 5.15 Å². The number of anilines is 1. The van der Waals surface area contributed by atoms with E-state index in [0.717, 1.165) is 31.4 Å². The summed E-state index contributed by atoms with van der Waals surface area (Å²) in [6, 6.07) is 2.10. The Kier molecular flexibility index (Phi) is 6.03. The van der Waals surface area contributed by atoms with Gasteiger partial charge in [-0.3, -0.25) is 4.79 Å². The lowest BCUT2D eigenvalue weighted by molar-refractivity contribution is 0.0599. The summed E-state index contributed by atoms with van der Waals surface area (Å²) in [5, 5.41) is 6.71. The van der Waals surface area contributed by atoms with Gasteiger partial charge in [0.2, 0.25) is 0 Å². The molecule has 0 atom stereocenters. The summed E-state index contributed by atoms with van der Waals surface area (Å²) < 4.78 is 5.36. The number of halogens is 1. The molecule has 122 valence electrons. The van der Waals surface area contributed by atoms with E-state index in [1.165, 1.54) is 6.20 Å². The number of methoxy groups -OCH3 is 1. The van der Waals surface area contributed by atoms with Crippen molar-refractivity contribution in [3.8, 4) is 0 Å². The quantitative estimate of drug-likeness (QED) is 0.816. The molecule has 22 heavy (non-hydrogen) atoms. The van der Waals surface area contributed by atoms with E-state index >= 15 is 0 Å². The maximum atomic E-state index is 12.5. The normalized spacial score (nSPS) is 21.7. The first-order valence-electron chi connectivity index (χ1n) is 7.75. The summed E-state index contributed by atoms with van der Waals surface area (Å²) in [5.74, 6) is -0.104. The van der Waals surface area contributed by atoms with Gasteiger partial charge in [-0.05, 0) is 45.6 Å². The summed E-state index contributed by atoms with van der Waals surface area (Å²) in [4.78, 5) is 16.5. The van der Waals surface area contributed by atoms with Crippen LogP contribution in [-0.4, -0.2) is 36.2 Å². The van der Waals surface area contributed by atoms with E-state index in [1.54, 1.807) is 13.2 Å². The monoisotopic (exact) mass is 325 g/mol. The first-order valence-corrected chi connectivity index (χ1v) is 8.13. The molecular formula is C16H24ClN3O2. The predicted octanol–water partition coefficient (Wildman–Crippen LogP) is 3.24. The number of aromatic nitrogens is 1. The highest BCUT2D eigenvalue weighted by Crippen LogP contribution is 2.23. The van der Waals surface area contributed by atoms with E-state index < -0.39 is 0 Å². The van der Waals surface area contributed by atoms with E-state index in [0.29, 0.717) is 16.8 Å². The minimum atomic E-state index is -0.104. The van der Waals surface area contributed by atoms with Crippen molar-refractivity contribution in [1.29, 1.82) is 0 Å². The zero-order valence-corrected chi connectivity index (χ0v) is 14.1. The lowest BCUT2D eigenvalue weighted by Gasteiger charge is -2.28. The average Bonchev–Trinajstić information content (AvgIpc) is 2.47. The van der Waals surface area contributed by atoms with Gasteiger partial charge in [-0.15, -0.1) is 0 Å². The molecule has 2 rings (SSSR count). The number of carbonyl (C=O) groups excluding carboxylic acids is 1. The summed E-state index contributed by atoms with van der Waals surface area (Å²) in [7, 11) is 1.74. The molecule has 1 heterocycles. The maximum absolute atomic E-state index is 12.5. The van der Waals surface area contributed by atoms with Gasteiger partial charge in [-0.2, -0.15) is 0 Å². The Morgan fingerprint density at radius 2 is 2.05 bits per heavy atom. The topological polar surface area (TPSA) is 63.2 Å². The fourth-order valence-corrected chi connectivity index (χ4v) is 2.91. The Morgan fingerprint density at radius 1 is 1.36 bits per heavy atom. The molecule has 1 aromatic heterocycles. The van der Waals surface area contributed by atoms with Crippen molar-refractivity contribution in [3.63, 3.8) is 0 Å². The second-order valence-electron chi connectivity index (χ2n) is 6.03. The van der Waals surface area contributed by atoms with Crippen LogP contribution in [0.15, 0.2) is 12.3 Å². The maximum Gasteiger partial charge on any atom is 0.255 e. The number of ether oxygens (including phenoxy) is 1. The predicted molar refractivity (Wildman–Crippen MR) is 88.5 cm³/mol. The van der Waals surface area contributed by atoms with Gasteiger partial charge in [0, 0.05) is 25.4 Å². The molecular weight excluding hydrogens is 302 g/mol. The van der Waals surface area contributed by atoms with E-state index in [2.05, 4.69) is 15.6 Å². The lowest BCUT2D eigenvalue weighted by Crippen LogP contribution is -2.39. The largest absolute Gasteiger partial charge is 0.382 e. The van der Waals surface area contributed by atoms with Crippen molar-refractivity contribution >= 4 is 23.2 Å². The van der Waals surface area contributed by atoms with Crippen LogP contribution >= 0.6 is 11.6 Å². The van der Waals surface area contributed by atoms with Crippen LogP contribution in [0, 0.1) is 0 Å². The van der Waals surface area contributed by atoms with Gasteiger partial charge < -0.3 is 15.4 Å². The Hall–Kier alpha value is -1.33. The van der Waals surface area contributed by atoms with Crippen LogP contribution in [-0.2, 0) is 4.74 Å². The highest BCUT2D eigenvalue weighted by Gasteiger charge is 2.23. The number of hydrogen-bond donors (Lipinski definition) is 2. The van der Waals surface area contributed by atoms with Gasteiger partial charge in [0.15, 0.2) is 0 Å². The van der Waals surface area contributed by atoms with Crippen molar-refractivity contribution < 1.29 is 9.53 Å². The highest BCUT2D eigenvalue weighted by atomic mass is 35.5. The Morgan fingerprint density at radius 3 is 2.64 bits per heavy atom. The van der Waals surface area contributed by atoms with Crippen molar-refractivity contribution in [2.45, 2.75) is 57.7 Å². The zero-order chi connectivity index (χ0) is 16.1. The molecule has 0 unspecified atom stereocenters. The molecule has 1 aromatic rings. The summed E-state index contributed by atoms with van der Waals surface area (Å²) in [5.41, 5.74) is 1.25. The molecule has 6 heteroatoms. The van der Waals surface area contributed by atoms with Crippen LogP contribution in [0.5, 0.6) is 0 Å². The third kappa shape index (κ3) is 4.58. The van der Waals surface area contributed by atoms with Crippen LogP contribution in [0.3, 0.4) is 0 Å². The van der Waals surface area contributed by atoms with Crippen molar-refractivity contribution in [1.82, 2.24) is 10.3 Å². The standard InChI is InChI=1S/C16H24ClN3O2/c1-10(2)19-14-8-15(17)18-9-13(14)16(21)20-11-4-6-12(22-3)7-5-11/h8-12H,4-7H2,1-3H3,(H,18,19)(H,20,21)/t11-,12-. The summed E-state index contributed by atoms with van der Waals surface area (Å²) in [6.45, 7) is 4.03. The Bertz CT molecular complexity index is 514. The number of amides is 1. The SMILES string of the molecule is CO[C@H]1CC[C@H](NC(=O)c2cnc(Cl)cc2NC(C)C)CC1. The fraction of sp³-hybridized carbons (Fsp3) is 0.625. The van der Waals surface area contributed by atoms with Crippen molar-refractivity contribution in [2.75, 3.05) is 12.4 Å². The first-order chi connectivity index (χ1) is 10.5. The van der Waals surface area contributed by atoms with Gasteiger partial charge >= 0.3 is 0 Å². The number of nitrogens with zero attached hydrogens (tertiary/aromatic N) is 1. The van der Waals surface area contributed by atoms with Crippen molar-refractivity contribution in [2.24, 2.45) is 0 Å². The molecule has 0 radical (unpaired) electrons. The number of carbonyl (C=O) groups is 1. The summed E-state index contributed by atoms with van der Waals surface area (Å²) in [6.07, 6.45) is 5.71. The third-order valence-corrected chi connectivity index (χ3v) is 4.11. The van der Waals surface area contributed by atoms with Crippen LogP contribution in [0.1, 0.15) is 49.9 Å². The number of hydrogen-bond acceptors (Lipinski definition) is 4. The summed E-state index contributed by atoms with van der Waals surface area (Å²) >= 11 is 5.93. The average molecular weight is 326 g/mol. The lowest BCUT2D eigenvalue weighted by atomic mass is 9.93. The second-order valence-corrected chi connectivity index (χ2v) is 6.42. The second kappa shape index (κ2) is 7.79. The molecule has 1 fully saturated rings. The number of nitrogens with one attached hydrogen (secondary N) is 2. The Labute approximate surface area is 136 Å². The van der Waals surface area contributed by atoms with Crippen LogP contribution in [0.25, 0.3) is 0 Å². The van der Waals surface area contributed by atoms with Gasteiger partial charge in [-0.1, -0.05) is 11.6 Å². The van der Waals surface area contributed by atoms with Crippen LogP contribution in [0.4, 0.5) is 5.69 Å². The van der Waals surface area contributed by atoms with E-state index in [9.17, 15) is 4.79 Å². The molecule has 1 saturated carbocycles. The number of pyridine rings is 1. The van der Waals surface area contributed by atoms with Gasteiger partial charge in [-0.25, -0.2) is 4.98 Å². The highest BCUT2D eigenvalue weighted by molar-refractivity contribution is 6.29. The molecule has 5 nitrogen and oxygen atoms in total. The molecule has 1 amide bonds. The molecule has 1 aliphatic carbocycles. The third-order valence-electron chi connectivity index (χ3n) is 3.90. The molecule has 0 saturated heterocycles. The molecule has 2 N–H and O–H groups in total. The molecule has 0 spiro atoms. The minimum Gasteiger partial charge on any atom is -0.382 e. The van der Waals surface area contributed by atoms with Gasteiger partial charge in [0.1, 0.15) is 5.15 Å². The number of rotatable bonds is 5. The van der Waals surface area contributed by atoms with E-state index in [4.69, 9.17) is 16.3 Å². The minimum absolute atomic E-state index is 0.104.